The molecule has 0 bridgehead atoms. The van der Waals surface area contributed by atoms with Gasteiger partial charge in [0.05, 0.1) is 11.8 Å². The van der Waals surface area contributed by atoms with E-state index in [1.54, 1.807) is 17.1 Å². The Morgan fingerprint density at radius 3 is 2.80 bits per heavy atom. The lowest BCUT2D eigenvalue weighted by Gasteiger charge is -2.22. The summed E-state index contributed by atoms with van der Waals surface area (Å²) < 4.78 is 1.65. The number of aromatic nitrogens is 2. The molecule has 0 saturated heterocycles. The number of rotatable bonds is 4. The molecule has 0 radical (unpaired) electrons. The van der Waals surface area contributed by atoms with Gasteiger partial charge in [0.15, 0.2) is 0 Å². The number of hydrogen-bond acceptors (Lipinski definition) is 3. The molecule has 0 atom stereocenters. The molecule has 1 aliphatic rings. The van der Waals surface area contributed by atoms with Crippen LogP contribution in [-0.4, -0.2) is 26.6 Å². The van der Waals surface area contributed by atoms with Crippen LogP contribution in [0.15, 0.2) is 36.7 Å². The lowest BCUT2D eigenvalue weighted by molar-refractivity contribution is 0.0730. The maximum Gasteiger partial charge on any atom is 0.257 e. The number of benzene rings is 1. The maximum atomic E-state index is 12.6. The number of nitrogens with two attached hydrogens (primary N) is 1. The minimum absolute atomic E-state index is 0.0313. The number of hydrogen-bond donors (Lipinski definition) is 1. The van der Waals surface area contributed by atoms with Gasteiger partial charge in [0, 0.05) is 31.5 Å². The monoisotopic (exact) mass is 270 g/mol. The average molecular weight is 270 g/mol. The molecule has 2 aromatic rings. The van der Waals surface area contributed by atoms with Crippen molar-refractivity contribution in [3.63, 3.8) is 0 Å². The molecule has 5 nitrogen and oxygen atoms in total. The molecule has 1 amide bonds. The van der Waals surface area contributed by atoms with Gasteiger partial charge in [-0.15, -0.1) is 0 Å². The van der Waals surface area contributed by atoms with Crippen molar-refractivity contribution < 1.29 is 4.79 Å². The van der Waals surface area contributed by atoms with E-state index in [9.17, 15) is 4.79 Å². The Morgan fingerprint density at radius 2 is 2.20 bits per heavy atom. The van der Waals surface area contributed by atoms with Gasteiger partial charge in [-0.05, 0) is 24.5 Å². The molecule has 0 unspecified atom stereocenters. The van der Waals surface area contributed by atoms with Crippen molar-refractivity contribution in [2.75, 3.05) is 5.73 Å². The Labute approximate surface area is 118 Å². The van der Waals surface area contributed by atoms with Crippen LogP contribution in [0.4, 0.5) is 5.69 Å². The van der Waals surface area contributed by atoms with Crippen molar-refractivity contribution in [3.05, 3.63) is 47.8 Å². The van der Waals surface area contributed by atoms with E-state index >= 15 is 0 Å². The molecule has 5 heteroatoms. The van der Waals surface area contributed by atoms with Crippen LogP contribution in [0.1, 0.15) is 28.8 Å². The number of anilines is 1. The zero-order valence-electron chi connectivity index (χ0n) is 11.5. The van der Waals surface area contributed by atoms with Gasteiger partial charge in [-0.25, -0.2) is 0 Å². The molecule has 1 heterocycles. The molecule has 1 saturated carbocycles. The number of nitrogens with zero attached hydrogens (tertiary/aromatic N) is 3. The highest BCUT2D eigenvalue weighted by Crippen LogP contribution is 2.30. The molecule has 0 aliphatic heterocycles. The molecule has 1 aliphatic carbocycles. The first-order chi connectivity index (χ1) is 9.65. The van der Waals surface area contributed by atoms with Crippen molar-refractivity contribution in [1.29, 1.82) is 0 Å². The van der Waals surface area contributed by atoms with Gasteiger partial charge >= 0.3 is 0 Å². The zero-order chi connectivity index (χ0) is 14.1. The molecule has 104 valence electrons. The lowest BCUT2D eigenvalue weighted by Crippen LogP contribution is -2.32. The second-order valence-electron chi connectivity index (χ2n) is 5.27. The van der Waals surface area contributed by atoms with E-state index in [2.05, 4.69) is 5.10 Å². The Kier molecular flexibility index (Phi) is 3.18. The van der Waals surface area contributed by atoms with Gasteiger partial charge in [0.25, 0.3) is 5.91 Å². The molecule has 1 aromatic heterocycles. The number of nitrogen functional groups attached to an aromatic ring is 1. The normalized spacial score (nSPS) is 14.2. The lowest BCUT2D eigenvalue weighted by atomic mass is 10.1. The van der Waals surface area contributed by atoms with Crippen LogP contribution in [0, 0.1) is 0 Å². The fraction of sp³-hybridized carbons (Fsp3) is 0.333. The predicted octanol–water partition coefficient (Wildman–Crippen LogP) is 1.81. The van der Waals surface area contributed by atoms with Crippen LogP contribution in [0.5, 0.6) is 0 Å². The predicted molar refractivity (Wildman–Crippen MR) is 77.0 cm³/mol. The highest BCUT2D eigenvalue weighted by Gasteiger charge is 2.33. The number of carbonyl (C=O) groups is 1. The van der Waals surface area contributed by atoms with E-state index in [1.807, 2.05) is 36.2 Å². The van der Waals surface area contributed by atoms with Crippen LogP contribution in [0.3, 0.4) is 0 Å². The van der Waals surface area contributed by atoms with E-state index in [-0.39, 0.29) is 5.91 Å². The summed E-state index contributed by atoms with van der Waals surface area (Å²) in [6.07, 6.45) is 5.51. The third-order valence-corrected chi connectivity index (χ3v) is 3.60. The zero-order valence-corrected chi connectivity index (χ0v) is 11.5. The highest BCUT2D eigenvalue weighted by molar-refractivity contribution is 5.94. The summed E-state index contributed by atoms with van der Waals surface area (Å²) in [6, 6.07) is 8.03. The van der Waals surface area contributed by atoms with Crippen LogP contribution in [-0.2, 0) is 13.6 Å². The van der Waals surface area contributed by atoms with Crippen molar-refractivity contribution >= 4 is 11.6 Å². The molecule has 2 N–H and O–H groups in total. The van der Waals surface area contributed by atoms with E-state index in [1.165, 1.54) is 0 Å². The minimum atomic E-state index is 0.0313. The summed E-state index contributed by atoms with van der Waals surface area (Å²) in [6.45, 7) is 0.561. The smallest absolute Gasteiger partial charge is 0.257 e. The second-order valence-corrected chi connectivity index (χ2v) is 5.27. The van der Waals surface area contributed by atoms with Crippen LogP contribution in [0.2, 0.25) is 0 Å². The summed E-state index contributed by atoms with van der Waals surface area (Å²) in [7, 11) is 1.81. The van der Waals surface area contributed by atoms with Gasteiger partial charge in [-0.1, -0.05) is 18.2 Å². The molecular formula is C15H18N4O. The second kappa shape index (κ2) is 5.00. The number of carbonyl (C=O) groups excluding carboxylic acids is 1. The molecule has 1 fully saturated rings. The third-order valence-electron chi connectivity index (χ3n) is 3.60. The summed E-state index contributed by atoms with van der Waals surface area (Å²) in [5.74, 6) is 0.0313. The van der Waals surface area contributed by atoms with E-state index in [0.717, 1.165) is 24.1 Å². The largest absolute Gasteiger partial charge is 0.398 e. The van der Waals surface area contributed by atoms with E-state index in [4.69, 9.17) is 5.73 Å². The Bertz CT molecular complexity index is 630. The number of aryl methyl sites for hydroxylation is 1. The molecule has 20 heavy (non-hydrogen) atoms. The molecule has 1 aromatic carbocycles. The van der Waals surface area contributed by atoms with Crippen LogP contribution >= 0.6 is 0 Å². The Balaban J connectivity index is 1.83. The van der Waals surface area contributed by atoms with Gasteiger partial charge in [0.1, 0.15) is 0 Å². The molecular weight excluding hydrogens is 252 g/mol. The Hall–Kier alpha value is -2.30. The average Bonchev–Trinajstić information content (AvgIpc) is 3.18. The molecule has 3 rings (SSSR count). The van der Waals surface area contributed by atoms with Gasteiger partial charge in [-0.3, -0.25) is 9.48 Å². The van der Waals surface area contributed by atoms with Crippen molar-refractivity contribution in [3.8, 4) is 0 Å². The standard InChI is InChI=1S/C15H18N4O/c1-18-9-12(8-17-18)15(20)19(13-6-7-13)10-11-4-2-3-5-14(11)16/h2-5,8-9,13H,6-7,10,16H2,1H3. The fourth-order valence-corrected chi connectivity index (χ4v) is 2.31. The topological polar surface area (TPSA) is 64.2 Å². The summed E-state index contributed by atoms with van der Waals surface area (Å²) in [4.78, 5) is 14.5. The SMILES string of the molecule is Cn1cc(C(=O)N(Cc2ccccc2N)C2CC2)cn1. The highest BCUT2D eigenvalue weighted by atomic mass is 16.2. The quantitative estimate of drug-likeness (QED) is 0.862. The van der Waals surface area contributed by atoms with Gasteiger partial charge in [-0.2, -0.15) is 5.10 Å². The number of para-hydroxylation sites is 1. The van der Waals surface area contributed by atoms with Crippen molar-refractivity contribution in [2.45, 2.75) is 25.4 Å². The first-order valence-electron chi connectivity index (χ1n) is 6.78. The first-order valence-corrected chi connectivity index (χ1v) is 6.78. The van der Waals surface area contributed by atoms with Gasteiger partial charge in [0.2, 0.25) is 0 Å². The van der Waals surface area contributed by atoms with Crippen molar-refractivity contribution in [2.24, 2.45) is 7.05 Å². The Morgan fingerprint density at radius 1 is 1.45 bits per heavy atom. The van der Waals surface area contributed by atoms with Crippen LogP contribution < -0.4 is 5.73 Å². The molecule has 0 spiro atoms. The van der Waals surface area contributed by atoms with E-state index in [0.29, 0.717) is 18.2 Å². The third kappa shape index (κ3) is 2.52. The summed E-state index contributed by atoms with van der Waals surface area (Å²) >= 11 is 0. The van der Waals surface area contributed by atoms with Crippen LogP contribution in [0.25, 0.3) is 0 Å². The van der Waals surface area contributed by atoms with E-state index < -0.39 is 0 Å². The number of amides is 1. The maximum absolute atomic E-state index is 12.6. The van der Waals surface area contributed by atoms with Crippen molar-refractivity contribution in [1.82, 2.24) is 14.7 Å². The summed E-state index contributed by atoms with van der Waals surface area (Å²) in [5, 5.41) is 4.07. The minimum Gasteiger partial charge on any atom is -0.398 e. The van der Waals surface area contributed by atoms with Gasteiger partial charge < -0.3 is 10.6 Å². The summed E-state index contributed by atoms with van der Waals surface area (Å²) in [5.41, 5.74) is 8.34. The first kappa shape index (κ1) is 12.7. The fourth-order valence-electron chi connectivity index (χ4n) is 2.31.